The molecular formula is C11H19N3O. The first-order valence-corrected chi connectivity index (χ1v) is 5.39. The maximum atomic E-state index is 10.0. The summed E-state index contributed by atoms with van der Waals surface area (Å²) in [4.78, 5) is 8.19. The van der Waals surface area contributed by atoms with Gasteiger partial charge in [0.1, 0.15) is 5.82 Å². The summed E-state index contributed by atoms with van der Waals surface area (Å²) in [5, 5.41) is 13.2. The Kier molecular flexibility index (Phi) is 4.65. The van der Waals surface area contributed by atoms with Crippen LogP contribution in [-0.2, 0) is 6.54 Å². The first-order valence-electron chi connectivity index (χ1n) is 5.39. The highest BCUT2D eigenvalue weighted by molar-refractivity contribution is 4.88. The fraction of sp³-hybridized carbons (Fsp3) is 0.636. The Hall–Kier alpha value is -1.00. The third-order valence-electron chi connectivity index (χ3n) is 2.67. The standard InChI is InChI=1S/C11H19N3O/c1-3-11(15,4-2)9-12-8-10-13-6-5-7-14-10/h5-7,12,15H,3-4,8-9H2,1-2H3. The summed E-state index contributed by atoms with van der Waals surface area (Å²) in [6.07, 6.45) is 4.95. The highest BCUT2D eigenvalue weighted by atomic mass is 16.3. The minimum atomic E-state index is -0.602. The van der Waals surface area contributed by atoms with Crippen LogP contribution in [0.5, 0.6) is 0 Å². The van der Waals surface area contributed by atoms with E-state index in [9.17, 15) is 5.11 Å². The quantitative estimate of drug-likeness (QED) is 0.737. The molecule has 0 unspecified atom stereocenters. The van der Waals surface area contributed by atoms with Crippen molar-refractivity contribution in [3.8, 4) is 0 Å². The number of aromatic nitrogens is 2. The molecule has 0 aliphatic heterocycles. The molecule has 0 amide bonds. The summed E-state index contributed by atoms with van der Waals surface area (Å²) in [7, 11) is 0. The Morgan fingerprint density at radius 1 is 1.27 bits per heavy atom. The number of hydrogen-bond donors (Lipinski definition) is 2. The molecule has 4 nitrogen and oxygen atoms in total. The predicted molar refractivity (Wildman–Crippen MR) is 59.3 cm³/mol. The summed E-state index contributed by atoms with van der Waals surface area (Å²) in [5.74, 6) is 0.757. The van der Waals surface area contributed by atoms with Gasteiger partial charge in [-0.25, -0.2) is 9.97 Å². The molecule has 0 radical (unpaired) electrons. The van der Waals surface area contributed by atoms with Gasteiger partial charge < -0.3 is 10.4 Å². The van der Waals surface area contributed by atoms with Crippen molar-refractivity contribution in [2.45, 2.75) is 38.8 Å². The smallest absolute Gasteiger partial charge is 0.141 e. The second kappa shape index (κ2) is 5.78. The maximum absolute atomic E-state index is 10.0. The predicted octanol–water partition coefficient (Wildman–Crippen LogP) is 1.12. The molecule has 0 saturated heterocycles. The molecule has 1 heterocycles. The van der Waals surface area contributed by atoms with Gasteiger partial charge in [-0.1, -0.05) is 13.8 Å². The molecule has 0 aliphatic carbocycles. The Bertz CT molecular complexity index is 272. The fourth-order valence-electron chi connectivity index (χ4n) is 1.33. The lowest BCUT2D eigenvalue weighted by atomic mass is 9.98. The van der Waals surface area contributed by atoms with E-state index in [-0.39, 0.29) is 0 Å². The van der Waals surface area contributed by atoms with Gasteiger partial charge in [-0.15, -0.1) is 0 Å². The first kappa shape index (κ1) is 12.1. The van der Waals surface area contributed by atoms with Crippen molar-refractivity contribution in [3.63, 3.8) is 0 Å². The van der Waals surface area contributed by atoms with E-state index in [0.717, 1.165) is 18.7 Å². The molecular weight excluding hydrogens is 190 g/mol. The third kappa shape index (κ3) is 3.93. The lowest BCUT2D eigenvalue weighted by Gasteiger charge is -2.25. The number of rotatable bonds is 6. The van der Waals surface area contributed by atoms with Crippen molar-refractivity contribution >= 4 is 0 Å². The van der Waals surface area contributed by atoms with Crippen molar-refractivity contribution in [3.05, 3.63) is 24.3 Å². The third-order valence-corrected chi connectivity index (χ3v) is 2.67. The van der Waals surface area contributed by atoms with E-state index in [1.807, 2.05) is 13.8 Å². The SMILES string of the molecule is CCC(O)(CC)CNCc1ncccn1. The zero-order valence-corrected chi connectivity index (χ0v) is 9.40. The van der Waals surface area contributed by atoms with Crippen molar-refractivity contribution < 1.29 is 5.11 Å². The van der Waals surface area contributed by atoms with E-state index < -0.39 is 5.60 Å². The van der Waals surface area contributed by atoms with E-state index in [1.54, 1.807) is 18.5 Å². The Morgan fingerprint density at radius 2 is 1.87 bits per heavy atom. The Labute approximate surface area is 90.8 Å². The van der Waals surface area contributed by atoms with Crippen LogP contribution in [0.25, 0.3) is 0 Å². The highest BCUT2D eigenvalue weighted by Crippen LogP contribution is 2.12. The zero-order valence-electron chi connectivity index (χ0n) is 9.40. The second-order valence-electron chi connectivity index (χ2n) is 3.70. The molecule has 0 bridgehead atoms. The van der Waals surface area contributed by atoms with E-state index in [4.69, 9.17) is 0 Å². The molecule has 0 atom stereocenters. The highest BCUT2D eigenvalue weighted by Gasteiger charge is 2.21. The summed E-state index contributed by atoms with van der Waals surface area (Å²) < 4.78 is 0. The van der Waals surface area contributed by atoms with Crippen LogP contribution in [0.15, 0.2) is 18.5 Å². The van der Waals surface area contributed by atoms with Crippen LogP contribution in [0.2, 0.25) is 0 Å². The average molecular weight is 209 g/mol. The van der Waals surface area contributed by atoms with Crippen LogP contribution in [-0.4, -0.2) is 27.2 Å². The Balaban J connectivity index is 2.33. The van der Waals surface area contributed by atoms with Crippen molar-refractivity contribution in [2.75, 3.05) is 6.54 Å². The molecule has 1 aromatic rings. The molecule has 15 heavy (non-hydrogen) atoms. The molecule has 4 heteroatoms. The van der Waals surface area contributed by atoms with Gasteiger partial charge in [0.15, 0.2) is 0 Å². The van der Waals surface area contributed by atoms with E-state index in [0.29, 0.717) is 13.1 Å². The summed E-state index contributed by atoms with van der Waals surface area (Å²) in [6, 6.07) is 1.79. The molecule has 0 aliphatic rings. The van der Waals surface area contributed by atoms with Gasteiger partial charge in [0.2, 0.25) is 0 Å². The number of nitrogens with one attached hydrogen (secondary N) is 1. The Morgan fingerprint density at radius 3 is 2.40 bits per heavy atom. The van der Waals surface area contributed by atoms with E-state index in [2.05, 4.69) is 15.3 Å². The maximum Gasteiger partial charge on any atom is 0.141 e. The largest absolute Gasteiger partial charge is 0.389 e. The minimum Gasteiger partial charge on any atom is -0.389 e. The van der Waals surface area contributed by atoms with E-state index in [1.165, 1.54) is 0 Å². The van der Waals surface area contributed by atoms with Gasteiger partial charge in [-0.3, -0.25) is 0 Å². The van der Waals surface area contributed by atoms with Gasteiger partial charge in [0.05, 0.1) is 12.1 Å². The average Bonchev–Trinajstić information content (AvgIpc) is 2.30. The van der Waals surface area contributed by atoms with Crippen LogP contribution in [0.3, 0.4) is 0 Å². The van der Waals surface area contributed by atoms with Gasteiger partial charge in [-0.05, 0) is 18.9 Å². The van der Waals surface area contributed by atoms with Crippen LogP contribution < -0.4 is 5.32 Å². The van der Waals surface area contributed by atoms with Crippen LogP contribution in [0.4, 0.5) is 0 Å². The monoisotopic (exact) mass is 209 g/mol. The number of aliphatic hydroxyl groups is 1. The van der Waals surface area contributed by atoms with Crippen molar-refractivity contribution in [1.82, 2.24) is 15.3 Å². The lowest BCUT2D eigenvalue weighted by molar-refractivity contribution is 0.0321. The molecule has 1 aromatic heterocycles. The molecule has 0 fully saturated rings. The zero-order chi connectivity index (χ0) is 11.1. The molecule has 0 aromatic carbocycles. The molecule has 1 rings (SSSR count). The minimum absolute atomic E-state index is 0.582. The number of hydrogen-bond acceptors (Lipinski definition) is 4. The molecule has 2 N–H and O–H groups in total. The van der Waals surface area contributed by atoms with E-state index >= 15 is 0 Å². The normalized spacial score (nSPS) is 11.7. The van der Waals surface area contributed by atoms with Crippen LogP contribution in [0, 0.1) is 0 Å². The summed E-state index contributed by atoms with van der Waals surface area (Å²) in [5.41, 5.74) is -0.602. The van der Waals surface area contributed by atoms with Gasteiger partial charge in [-0.2, -0.15) is 0 Å². The topological polar surface area (TPSA) is 58.0 Å². The number of nitrogens with zero attached hydrogens (tertiary/aromatic N) is 2. The van der Waals surface area contributed by atoms with Gasteiger partial charge in [0.25, 0.3) is 0 Å². The molecule has 84 valence electrons. The van der Waals surface area contributed by atoms with Crippen LogP contribution in [0.1, 0.15) is 32.5 Å². The summed E-state index contributed by atoms with van der Waals surface area (Å²) in [6.45, 7) is 5.16. The lowest BCUT2D eigenvalue weighted by Crippen LogP contribution is -2.39. The first-order chi connectivity index (χ1) is 7.20. The van der Waals surface area contributed by atoms with Gasteiger partial charge in [0, 0.05) is 18.9 Å². The second-order valence-corrected chi connectivity index (χ2v) is 3.70. The van der Waals surface area contributed by atoms with Crippen molar-refractivity contribution in [2.24, 2.45) is 0 Å². The van der Waals surface area contributed by atoms with Crippen LogP contribution >= 0.6 is 0 Å². The molecule has 0 spiro atoms. The summed E-state index contributed by atoms with van der Waals surface area (Å²) >= 11 is 0. The molecule has 0 saturated carbocycles. The fourth-order valence-corrected chi connectivity index (χ4v) is 1.33. The van der Waals surface area contributed by atoms with Gasteiger partial charge >= 0.3 is 0 Å². The van der Waals surface area contributed by atoms with Crippen molar-refractivity contribution in [1.29, 1.82) is 0 Å².